The Kier molecular flexibility index (Phi) is 5.88. The van der Waals surface area contributed by atoms with Crippen molar-refractivity contribution < 1.29 is 4.74 Å². The molecule has 0 fully saturated rings. The van der Waals surface area contributed by atoms with Crippen molar-refractivity contribution in [2.24, 2.45) is 5.10 Å². The number of rotatable bonds is 6. The van der Waals surface area contributed by atoms with Crippen LogP contribution in [0.15, 0.2) is 64.6 Å². The zero-order chi connectivity index (χ0) is 18.4. The van der Waals surface area contributed by atoms with Gasteiger partial charge in [0.15, 0.2) is 0 Å². The summed E-state index contributed by atoms with van der Waals surface area (Å²) in [5.74, 6) is 0.646. The maximum Gasteiger partial charge on any atom is 0.285 e. The molecule has 0 aliphatic heterocycles. The maximum absolute atomic E-state index is 11.4. The largest absolute Gasteiger partial charge is 0.488 e. The minimum Gasteiger partial charge on any atom is -0.488 e. The van der Waals surface area contributed by atoms with Crippen LogP contribution in [0.2, 0.25) is 10.0 Å². The number of nitrogens with one attached hydrogen (secondary N) is 2. The Morgan fingerprint density at radius 1 is 1.15 bits per heavy atom. The van der Waals surface area contributed by atoms with E-state index in [0.717, 1.165) is 11.1 Å². The second-order valence-corrected chi connectivity index (χ2v) is 6.00. The fraction of sp³-hybridized carbons (Fsp3) is 0.0556. The Hall–Kier alpha value is -2.83. The number of H-pyrrole nitrogens is 1. The van der Waals surface area contributed by atoms with Gasteiger partial charge in [0.2, 0.25) is 0 Å². The zero-order valence-corrected chi connectivity index (χ0v) is 15.0. The molecule has 0 radical (unpaired) electrons. The van der Waals surface area contributed by atoms with Crippen LogP contribution in [0.1, 0.15) is 11.1 Å². The Balaban J connectivity index is 1.72. The number of nitrogens with zero attached hydrogens (tertiary/aromatic N) is 2. The Bertz CT molecular complexity index is 989. The number of hydrogen-bond donors (Lipinski definition) is 2. The van der Waals surface area contributed by atoms with Crippen LogP contribution in [0.3, 0.4) is 0 Å². The van der Waals surface area contributed by atoms with Crippen molar-refractivity contribution in [1.29, 1.82) is 0 Å². The first kappa shape index (κ1) is 18.0. The second kappa shape index (κ2) is 8.51. The molecule has 0 aliphatic rings. The maximum atomic E-state index is 11.4. The molecule has 6 nitrogen and oxygen atoms in total. The quantitative estimate of drug-likeness (QED) is 0.492. The lowest BCUT2D eigenvalue weighted by Crippen LogP contribution is -2.10. The summed E-state index contributed by atoms with van der Waals surface area (Å²) < 4.78 is 5.85. The number of aromatic nitrogens is 2. The van der Waals surface area contributed by atoms with E-state index in [0.29, 0.717) is 23.1 Å². The lowest BCUT2D eigenvalue weighted by Gasteiger charge is -2.10. The van der Waals surface area contributed by atoms with E-state index in [4.69, 9.17) is 27.9 Å². The molecule has 3 rings (SSSR count). The molecule has 26 heavy (non-hydrogen) atoms. The molecule has 1 heterocycles. The number of hydrogen-bond acceptors (Lipinski definition) is 5. The SMILES string of the molecule is O=c1[nH]ncc(N/N=C/c2ccccc2OCc2ccccc2Cl)c1Cl. The van der Waals surface area contributed by atoms with Gasteiger partial charge in [-0.1, -0.05) is 53.5 Å². The molecule has 0 unspecified atom stereocenters. The van der Waals surface area contributed by atoms with Gasteiger partial charge in [0.1, 0.15) is 23.1 Å². The molecule has 132 valence electrons. The molecule has 8 heteroatoms. The molecule has 0 saturated heterocycles. The van der Waals surface area contributed by atoms with Crippen LogP contribution in [-0.4, -0.2) is 16.4 Å². The molecular weight excluding hydrogens is 375 g/mol. The molecule has 2 aromatic carbocycles. The van der Waals surface area contributed by atoms with Crippen LogP contribution in [0.5, 0.6) is 5.75 Å². The molecule has 0 atom stereocenters. The minimum absolute atomic E-state index is 0.0135. The van der Waals surface area contributed by atoms with E-state index >= 15 is 0 Å². The van der Waals surface area contributed by atoms with E-state index in [1.54, 1.807) is 6.21 Å². The highest BCUT2D eigenvalue weighted by molar-refractivity contribution is 6.33. The summed E-state index contributed by atoms with van der Waals surface area (Å²) in [5.41, 5.74) is 4.15. The van der Waals surface area contributed by atoms with Crippen molar-refractivity contribution >= 4 is 35.1 Å². The van der Waals surface area contributed by atoms with Gasteiger partial charge < -0.3 is 4.74 Å². The van der Waals surface area contributed by atoms with E-state index in [1.807, 2.05) is 48.5 Å². The van der Waals surface area contributed by atoms with Gasteiger partial charge in [0, 0.05) is 16.1 Å². The Labute approximate surface area is 159 Å². The molecule has 1 aromatic heterocycles. The van der Waals surface area contributed by atoms with Crippen LogP contribution < -0.4 is 15.7 Å². The van der Waals surface area contributed by atoms with E-state index in [-0.39, 0.29) is 5.02 Å². The molecule has 0 saturated carbocycles. The van der Waals surface area contributed by atoms with Crippen molar-refractivity contribution in [2.75, 3.05) is 5.43 Å². The summed E-state index contributed by atoms with van der Waals surface area (Å²) in [6.07, 6.45) is 2.94. The standard InChI is InChI=1S/C18H14Cl2N4O2/c19-14-7-3-1-6-13(14)11-26-16-8-4-2-5-12(16)9-21-23-15-10-22-24-18(25)17(15)20/h1-10H,11H2,(H2,23,24,25)/b21-9+. The van der Waals surface area contributed by atoms with Crippen molar-refractivity contribution in [3.8, 4) is 5.75 Å². The number of anilines is 1. The first-order valence-corrected chi connectivity index (χ1v) is 8.38. The second-order valence-electron chi connectivity index (χ2n) is 5.21. The topological polar surface area (TPSA) is 79.4 Å². The molecule has 0 bridgehead atoms. The molecule has 0 amide bonds. The molecule has 3 aromatic rings. The summed E-state index contributed by atoms with van der Waals surface area (Å²) in [6, 6.07) is 14.9. The van der Waals surface area contributed by atoms with E-state index in [2.05, 4.69) is 20.7 Å². The van der Waals surface area contributed by atoms with Gasteiger partial charge in [-0.2, -0.15) is 10.2 Å². The predicted octanol–water partition coefficient (Wildman–Crippen LogP) is 4.10. The molecule has 2 N–H and O–H groups in total. The van der Waals surface area contributed by atoms with Crippen molar-refractivity contribution in [3.05, 3.63) is 86.3 Å². The number of halogens is 2. The van der Waals surface area contributed by atoms with Crippen LogP contribution in [0.25, 0.3) is 0 Å². The van der Waals surface area contributed by atoms with Gasteiger partial charge in [0.05, 0.1) is 12.4 Å². The predicted molar refractivity (Wildman–Crippen MR) is 103 cm³/mol. The van der Waals surface area contributed by atoms with Crippen molar-refractivity contribution in [2.45, 2.75) is 6.61 Å². The van der Waals surface area contributed by atoms with Gasteiger partial charge in [-0.3, -0.25) is 10.2 Å². The smallest absolute Gasteiger partial charge is 0.285 e. The van der Waals surface area contributed by atoms with Crippen LogP contribution in [0, 0.1) is 0 Å². The summed E-state index contributed by atoms with van der Waals surface area (Å²) in [5, 5.41) is 10.6. The first-order valence-electron chi connectivity index (χ1n) is 7.62. The lowest BCUT2D eigenvalue weighted by molar-refractivity contribution is 0.306. The zero-order valence-electron chi connectivity index (χ0n) is 13.4. The van der Waals surface area contributed by atoms with Crippen LogP contribution in [0.4, 0.5) is 5.69 Å². The molecule has 0 aliphatic carbocycles. The van der Waals surface area contributed by atoms with E-state index in [9.17, 15) is 4.79 Å². The average molecular weight is 389 g/mol. The summed E-state index contributed by atoms with van der Waals surface area (Å²) in [4.78, 5) is 11.4. The van der Waals surface area contributed by atoms with Crippen molar-refractivity contribution in [1.82, 2.24) is 10.2 Å². The van der Waals surface area contributed by atoms with Crippen LogP contribution in [-0.2, 0) is 6.61 Å². The van der Waals surface area contributed by atoms with Crippen LogP contribution >= 0.6 is 23.2 Å². The van der Waals surface area contributed by atoms with Gasteiger partial charge >= 0.3 is 0 Å². The highest BCUT2D eigenvalue weighted by Crippen LogP contribution is 2.21. The molecular formula is C18H14Cl2N4O2. The monoisotopic (exact) mass is 388 g/mol. The normalized spacial score (nSPS) is 10.8. The highest BCUT2D eigenvalue weighted by Gasteiger charge is 2.05. The number of benzene rings is 2. The van der Waals surface area contributed by atoms with E-state index < -0.39 is 5.56 Å². The third-order valence-corrected chi connectivity index (χ3v) is 4.19. The average Bonchev–Trinajstić information content (AvgIpc) is 2.65. The Morgan fingerprint density at radius 3 is 2.77 bits per heavy atom. The Morgan fingerprint density at radius 2 is 1.92 bits per heavy atom. The molecule has 0 spiro atoms. The third-order valence-electron chi connectivity index (χ3n) is 3.44. The third kappa shape index (κ3) is 4.41. The summed E-state index contributed by atoms with van der Waals surface area (Å²) >= 11 is 12.0. The van der Waals surface area contributed by atoms with E-state index in [1.165, 1.54) is 6.20 Å². The number of ether oxygens (including phenoxy) is 1. The summed E-state index contributed by atoms with van der Waals surface area (Å²) in [6.45, 7) is 0.335. The minimum atomic E-state index is -0.490. The fourth-order valence-electron chi connectivity index (χ4n) is 2.12. The number of para-hydroxylation sites is 1. The highest BCUT2D eigenvalue weighted by atomic mass is 35.5. The first-order chi connectivity index (χ1) is 12.6. The van der Waals surface area contributed by atoms with Crippen molar-refractivity contribution in [3.63, 3.8) is 0 Å². The fourth-order valence-corrected chi connectivity index (χ4v) is 2.45. The van der Waals surface area contributed by atoms with Gasteiger partial charge in [-0.15, -0.1) is 0 Å². The number of hydrazone groups is 1. The van der Waals surface area contributed by atoms with Gasteiger partial charge in [-0.25, -0.2) is 5.10 Å². The number of aromatic amines is 1. The van der Waals surface area contributed by atoms with Gasteiger partial charge in [0.25, 0.3) is 5.56 Å². The lowest BCUT2D eigenvalue weighted by atomic mass is 10.2. The van der Waals surface area contributed by atoms with Gasteiger partial charge in [-0.05, 0) is 18.2 Å². The summed E-state index contributed by atoms with van der Waals surface area (Å²) in [7, 11) is 0.